The second-order valence-corrected chi connectivity index (χ2v) is 8.36. The number of nitrogens with one attached hydrogen (secondary N) is 1. The molecule has 1 aliphatic rings. The molecule has 0 amide bonds. The number of hydrogen-bond acceptors (Lipinski definition) is 9. The summed E-state index contributed by atoms with van der Waals surface area (Å²) in [5.41, 5.74) is 1.84. The molecule has 3 aromatic rings. The zero-order valence-corrected chi connectivity index (χ0v) is 20.9. The molecule has 184 valence electrons. The number of aromatic nitrogens is 2. The highest BCUT2D eigenvalue weighted by Gasteiger charge is 2.25. The van der Waals surface area contributed by atoms with Crippen molar-refractivity contribution < 1.29 is 23.7 Å². The third-order valence-corrected chi connectivity index (χ3v) is 5.50. The van der Waals surface area contributed by atoms with Gasteiger partial charge >= 0.3 is 0 Å². The maximum Gasteiger partial charge on any atom is 0.231 e. The summed E-state index contributed by atoms with van der Waals surface area (Å²) in [6, 6.07) is 5.41. The van der Waals surface area contributed by atoms with Crippen LogP contribution in [-0.4, -0.2) is 69.7 Å². The van der Waals surface area contributed by atoms with Crippen molar-refractivity contribution in [2.75, 3.05) is 60.2 Å². The Labute approximate surface area is 209 Å². The highest BCUT2D eigenvalue weighted by atomic mass is 35.5. The van der Waals surface area contributed by atoms with E-state index in [1.165, 1.54) is 6.33 Å². The minimum absolute atomic E-state index is 0.0657. The molecule has 0 bridgehead atoms. The van der Waals surface area contributed by atoms with E-state index in [1.54, 1.807) is 20.3 Å². The molecule has 0 fully saturated rings. The van der Waals surface area contributed by atoms with Gasteiger partial charge in [-0.2, -0.15) is 0 Å². The molecule has 0 radical (unpaired) electrons. The first-order valence-electron chi connectivity index (χ1n) is 11.0. The molecule has 0 unspecified atom stereocenters. The summed E-state index contributed by atoms with van der Waals surface area (Å²) in [5, 5.41) is 4.43. The average molecular weight is 499 g/mol. The lowest BCUT2D eigenvalue weighted by atomic mass is 10.1. The first-order chi connectivity index (χ1) is 17.0. The smallest absolute Gasteiger partial charge is 0.231 e. The third-order valence-electron chi connectivity index (χ3n) is 5.21. The minimum Gasteiger partial charge on any atom is -0.493 e. The van der Waals surface area contributed by atoms with Gasteiger partial charge in [-0.1, -0.05) is 23.4 Å². The summed E-state index contributed by atoms with van der Waals surface area (Å²) in [6.07, 6.45) is 2.37. The van der Waals surface area contributed by atoms with Gasteiger partial charge in [0.2, 0.25) is 6.79 Å². The molecule has 9 nitrogen and oxygen atoms in total. The van der Waals surface area contributed by atoms with Crippen molar-refractivity contribution in [2.45, 2.75) is 6.42 Å². The van der Waals surface area contributed by atoms with Crippen LogP contribution < -0.4 is 24.3 Å². The Morgan fingerprint density at radius 1 is 1.11 bits per heavy atom. The second-order valence-electron chi connectivity index (χ2n) is 7.95. The monoisotopic (exact) mass is 498 g/mol. The van der Waals surface area contributed by atoms with E-state index in [-0.39, 0.29) is 6.79 Å². The molecule has 0 spiro atoms. The molecule has 2 heterocycles. The SMILES string of the molecule is COCC#Cc1cc(Cl)c(Nc2ncnc3cc(OCCCN(C)C)c(OC)cc23)c2c1OCO2. The predicted octanol–water partition coefficient (Wildman–Crippen LogP) is 4.09. The summed E-state index contributed by atoms with van der Waals surface area (Å²) in [7, 11) is 7.25. The zero-order chi connectivity index (χ0) is 24.8. The molecule has 0 aliphatic carbocycles. The lowest BCUT2D eigenvalue weighted by Gasteiger charge is -2.16. The van der Waals surface area contributed by atoms with E-state index < -0.39 is 0 Å². The first kappa shape index (κ1) is 24.7. The first-order valence-corrected chi connectivity index (χ1v) is 11.4. The molecule has 0 saturated carbocycles. The molecule has 10 heteroatoms. The van der Waals surface area contributed by atoms with Crippen LogP contribution in [0.5, 0.6) is 23.0 Å². The molecule has 35 heavy (non-hydrogen) atoms. The highest BCUT2D eigenvalue weighted by Crippen LogP contribution is 2.47. The van der Waals surface area contributed by atoms with E-state index >= 15 is 0 Å². The quantitative estimate of drug-likeness (QED) is 0.346. The van der Waals surface area contributed by atoms with Gasteiger partial charge in [0.25, 0.3) is 0 Å². The molecule has 1 aromatic heterocycles. The molecule has 0 saturated heterocycles. The molecule has 0 atom stereocenters. The van der Waals surface area contributed by atoms with Gasteiger partial charge in [-0.15, -0.1) is 0 Å². The maximum absolute atomic E-state index is 6.62. The number of nitrogens with zero attached hydrogens (tertiary/aromatic N) is 3. The highest BCUT2D eigenvalue weighted by molar-refractivity contribution is 6.34. The van der Waals surface area contributed by atoms with Crippen LogP contribution >= 0.6 is 11.6 Å². The van der Waals surface area contributed by atoms with Crippen LogP contribution in [0.4, 0.5) is 11.5 Å². The summed E-state index contributed by atoms with van der Waals surface area (Å²) in [4.78, 5) is 11.0. The molecule has 2 aromatic carbocycles. The van der Waals surface area contributed by atoms with Gasteiger partial charge in [-0.25, -0.2) is 9.97 Å². The fraction of sp³-hybridized carbons (Fsp3) is 0.360. The van der Waals surface area contributed by atoms with E-state index in [0.29, 0.717) is 63.8 Å². The van der Waals surface area contributed by atoms with Crippen molar-refractivity contribution >= 4 is 34.0 Å². The van der Waals surface area contributed by atoms with E-state index in [4.69, 9.17) is 35.3 Å². The average Bonchev–Trinajstić information content (AvgIpc) is 3.34. The van der Waals surface area contributed by atoms with Gasteiger partial charge in [0.1, 0.15) is 24.4 Å². The van der Waals surface area contributed by atoms with Gasteiger partial charge in [0.15, 0.2) is 23.0 Å². The maximum atomic E-state index is 6.62. The Bertz CT molecular complexity index is 1270. The zero-order valence-electron chi connectivity index (χ0n) is 20.1. The Balaban J connectivity index is 1.66. The molecular formula is C25H27ClN4O5. The van der Waals surface area contributed by atoms with Gasteiger partial charge in [-0.3, -0.25) is 0 Å². The van der Waals surface area contributed by atoms with E-state index in [9.17, 15) is 0 Å². The van der Waals surface area contributed by atoms with Crippen molar-refractivity contribution in [2.24, 2.45) is 0 Å². The number of benzene rings is 2. The van der Waals surface area contributed by atoms with Crippen LogP contribution in [0.25, 0.3) is 10.9 Å². The number of halogens is 1. The number of anilines is 2. The number of rotatable bonds is 9. The summed E-state index contributed by atoms with van der Waals surface area (Å²) in [6.45, 7) is 1.86. The van der Waals surface area contributed by atoms with E-state index in [0.717, 1.165) is 18.4 Å². The molecular weight excluding hydrogens is 472 g/mol. The standard InChI is InChI=1S/C25H27ClN4O5/c1-30(2)8-6-10-33-21-13-19-17(12-20(21)32-4)25(28-14-27-19)29-22-18(26)11-16(7-5-9-31-3)23-24(22)35-15-34-23/h11-14H,6,8-10,15H2,1-4H3,(H,27,28,29). The van der Waals surface area contributed by atoms with Crippen LogP contribution in [0.3, 0.4) is 0 Å². The molecule has 1 N–H and O–H groups in total. The summed E-state index contributed by atoms with van der Waals surface area (Å²) >= 11 is 6.62. The fourth-order valence-electron chi connectivity index (χ4n) is 3.57. The lowest BCUT2D eigenvalue weighted by molar-refractivity contribution is 0.174. The van der Waals surface area contributed by atoms with Crippen molar-refractivity contribution in [3.8, 4) is 34.8 Å². The Hall–Kier alpha value is -3.45. The molecule has 4 rings (SSSR count). The predicted molar refractivity (Wildman–Crippen MR) is 134 cm³/mol. The van der Waals surface area contributed by atoms with Crippen LogP contribution in [0.2, 0.25) is 5.02 Å². The number of methoxy groups -OCH3 is 2. The van der Waals surface area contributed by atoms with Crippen LogP contribution in [0.15, 0.2) is 24.5 Å². The van der Waals surface area contributed by atoms with Crippen LogP contribution in [0.1, 0.15) is 12.0 Å². The summed E-state index contributed by atoms with van der Waals surface area (Å²) in [5.74, 6) is 8.64. The van der Waals surface area contributed by atoms with Crippen LogP contribution in [-0.2, 0) is 4.74 Å². The van der Waals surface area contributed by atoms with Crippen LogP contribution in [0, 0.1) is 11.8 Å². The van der Waals surface area contributed by atoms with Crippen molar-refractivity contribution in [3.05, 3.63) is 35.1 Å². The number of hydrogen-bond donors (Lipinski definition) is 1. The van der Waals surface area contributed by atoms with Gasteiger partial charge in [0, 0.05) is 25.1 Å². The topological polar surface area (TPSA) is 87.2 Å². The van der Waals surface area contributed by atoms with Gasteiger partial charge < -0.3 is 33.9 Å². The van der Waals surface area contributed by atoms with E-state index in [2.05, 4.69) is 32.0 Å². The number of ether oxygens (including phenoxy) is 5. The second kappa shape index (κ2) is 11.3. The van der Waals surface area contributed by atoms with Gasteiger partial charge in [-0.05, 0) is 32.6 Å². The minimum atomic E-state index is 0.0657. The van der Waals surface area contributed by atoms with Crippen molar-refractivity contribution in [1.82, 2.24) is 14.9 Å². The third kappa shape index (κ3) is 5.62. The normalized spacial score (nSPS) is 11.9. The lowest BCUT2D eigenvalue weighted by Crippen LogP contribution is -2.15. The Morgan fingerprint density at radius 2 is 1.94 bits per heavy atom. The fourth-order valence-corrected chi connectivity index (χ4v) is 3.81. The Kier molecular flexibility index (Phi) is 7.98. The largest absolute Gasteiger partial charge is 0.493 e. The summed E-state index contributed by atoms with van der Waals surface area (Å²) < 4.78 is 27.9. The van der Waals surface area contributed by atoms with Gasteiger partial charge in [0.05, 0.1) is 29.8 Å². The van der Waals surface area contributed by atoms with Crippen molar-refractivity contribution in [1.29, 1.82) is 0 Å². The Morgan fingerprint density at radius 3 is 2.71 bits per heavy atom. The van der Waals surface area contributed by atoms with E-state index in [1.807, 2.05) is 26.2 Å². The van der Waals surface area contributed by atoms with Crippen molar-refractivity contribution in [3.63, 3.8) is 0 Å². The number of fused-ring (bicyclic) bond motifs is 2. The molecule has 1 aliphatic heterocycles.